The normalized spacial score (nSPS) is 12.4. The Morgan fingerprint density at radius 1 is 0.875 bits per heavy atom. The highest BCUT2D eigenvalue weighted by Gasteiger charge is 2.33. The minimum atomic E-state index is -3.80. The second-order valence-corrected chi connectivity index (χ2v) is 13.1. The van der Waals surface area contributed by atoms with E-state index in [2.05, 4.69) is 26.1 Å². The third-order valence-electron chi connectivity index (χ3n) is 6.80. The molecular weight excluding hydrogens is 522 g/mol. The Bertz CT molecular complexity index is 1380. The van der Waals surface area contributed by atoms with Crippen LogP contribution in [0, 0.1) is 6.92 Å². The third kappa shape index (κ3) is 8.42. The van der Waals surface area contributed by atoms with Crippen LogP contribution in [0.5, 0.6) is 0 Å². The zero-order chi connectivity index (χ0) is 29.5. The molecule has 0 saturated carbocycles. The number of benzene rings is 3. The molecule has 1 atom stereocenters. The fraction of sp³-hybridized carbons (Fsp3) is 0.375. The van der Waals surface area contributed by atoms with Crippen molar-refractivity contribution in [1.82, 2.24) is 10.2 Å². The summed E-state index contributed by atoms with van der Waals surface area (Å²) in [5.74, 6) is -0.745. The first kappa shape index (κ1) is 30.9. The summed E-state index contributed by atoms with van der Waals surface area (Å²) in [7, 11) is -3.80. The van der Waals surface area contributed by atoms with Gasteiger partial charge in [-0.1, -0.05) is 93.1 Å². The lowest BCUT2D eigenvalue weighted by atomic mass is 9.87. The van der Waals surface area contributed by atoms with Gasteiger partial charge in [-0.2, -0.15) is 0 Å². The zero-order valence-electron chi connectivity index (χ0n) is 24.3. The molecule has 0 spiro atoms. The van der Waals surface area contributed by atoms with Crippen LogP contribution in [0.3, 0.4) is 0 Å². The van der Waals surface area contributed by atoms with Gasteiger partial charge in [-0.25, -0.2) is 8.42 Å². The molecule has 0 aromatic heterocycles. The lowest BCUT2D eigenvalue weighted by molar-refractivity contribution is -0.140. The van der Waals surface area contributed by atoms with Crippen molar-refractivity contribution in [2.75, 3.05) is 23.7 Å². The van der Waals surface area contributed by atoms with E-state index in [1.165, 1.54) is 4.90 Å². The summed E-state index contributed by atoms with van der Waals surface area (Å²) < 4.78 is 27.0. The highest BCUT2D eigenvalue weighted by atomic mass is 32.2. The molecule has 214 valence electrons. The smallest absolute Gasteiger partial charge is 0.244 e. The predicted octanol–water partition coefficient (Wildman–Crippen LogP) is 4.83. The molecule has 1 N–H and O–H groups in total. The lowest BCUT2D eigenvalue weighted by Gasteiger charge is -2.33. The summed E-state index contributed by atoms with van der Waals surface area (Å²) >= 11 is 0. The van der Waals surface area contributed by atoms with E-state index in [-0.39, 0.29) is 17.9 Å². The Morgan fingerprint density at radius 3 is 2.00 bits per heavy atom. The van der Waals surface area contributed by atoms with E-state index >= 15 is 0 Å². The van der Waals surface area contributed by atoms with Gasteiger partial charge in [0.05, 0.1) is 11.9 Å². The van der Waals surface area contributed by atoms with Crippen molar-refractivity contribution in [2.24, 2.45) is 0 Å². The van der Waals surface area contributed by atoms with E-state index in [0.29, 0.717) is 18.7 Å². The summed E-state index contributed by atoms with van der Waals surface area (Å²) in [4.78, 5) is 28.9. The number of carbonyl (C=O) groups excluding carboxylic acids is 2. The van der Waals surface area contributed by atoms with Gasteiger partial charge in [0.2, 0.25) is 21.8 Å². The van der Waals surface area contributed by atoms with Crippen LogP contribution in [0.1, 0.15) is 49.9 Å². The van der Waals surface area contributed by atoms with Crippen LogP contribution in [0.15, 0.2) is 78.9 Å². The van der Waals surface area contributed by atoms with E-state index in [9.17, 15) is 18.0 Å². The SMILES string of the molecule is CCNC(=O)[C@@H](Cc1ccccc1)N(Cc1ccc(C)cc1)C(=O)CN(c1ccc(C(C)(C)C)cc1)S(C)(=O)=O. The summed E-state index contributed by atoms with van der Waals surface area (Å²) in [5.41, 5.74) is 4.17. The summed E-state index contributed by atoms with van der Waals surface area (Å²) in [6, 6.07) is 23.7. The number of amides is 2. The van der Waals surface area contributed by atoms with Crippen LogP contribution in [-0.4, -0.2) is 50.5 Å². The molecule has 0 aliphatic rings. The molecular formula is C32H41N3O4S. The fourth-order valence-corrected chi connectivity index (χ4v) is 5.33. The molecule has 0 aliphatic carbocycles. The van der Waals surface area contributed by atoms with Gasteiger partial charge < -0.3 is 10.2 Å². The molecule has 0 unspecified atom stereocenters. The minimum Gasteiger partial charge on any atom is -0.355 e. The van der Waals surface area contributed by atoms with Gasteiger partial charge in [0.25, 0.3) is 0 Å². The number of likely N-dealkylation sites (N-methyl/N-ethyl adjacent to an activating group) is 1. The van der Waals surface area contributed by atoms with Crippen molar-refractivity contribution in [3.05, 3.63) is 101 Å². The molecule has 3 rings (SSSR count). The molecule has 3 aromatic carbocycles. The van der Waals surface area contributed by atoms with Gasteiger partial charge in [0.1, 0.15) is 12.6 Å². The Labute approximate surface area is 239 Å². The maximum Gasteiger partial charge on any atom is 0.244 e. The average Bonchev–Trinajstić information content (AvgIpc) is 2.90. The van der Waals surface area contributed by atoms with Crippen LogP contribution < -0.4 is 9.62 Å². The summed E-state index contributed by atoms with van der Waals surface area (Å²) in [6.45, 7) is 10.2. The molecule has 0 radical (unpaired) electrons. The van der Waals surface area contributed by atoms with E-state index in [1.807, 2.05) is 80.6 Å². The van der Waals surface area contributed by atoms with Crippen LogP contribution in [-0.2, 0) is 38.0 Å². The molecule has 8 heteroatoms. The van der Waals surface area contributed by atoms with E-state index < -0.39 is 28.5 Å². The van der Waals surface area contributed by atoms with Gasteiger partial charge in [-0.05, 0) is 48.1 Å². The van der Waals surface area contributed by atoms with E-state index in [1.54, 1.807) is 12.1 Å². The van der Waals surface area contributed by atoms with E-state index in [0.717, 1.165) is 32.8 Å². The third-order valence-corrected chi connectivity index (χ3v) is 7.94. The Hall–Kier alpha value is -3.65. The monoisotopic (exact) mass is 563 g/mol. The maximum atomic E-state index is 14.1. The molecule has 0 heterocycles. The van der Waals surface area contributed by atoms with Crippen LogP contribution in [0.2, 0.25) is 0 Å². The predicted molar refractivity (Wildman–Crippen MR) is 162 cm³/mol. The van der Waals surface area contributed by atoms with Gasteiger partial charge in [-0.3, -0.25) is 13.9 Å². The minimum absolute atomic E-state index is 0.105. The molecule has 2 amide bonds. The summed E-state index contributed by atoms with van der Waals surface area (Å²) in [5, 5.41) is 2.87. The Morgan fingerprint density at radius 2 is 1.48 bits per heavy atom. The second-order valence-electron chi connectivity index (χ2n) is 11.2. The largest absolute Gasteiger partial charge is 0.355 e. The Kier molecular flexibility index (Phi) is 10.1. The molecule has 7 nitrogen and oxygen atoms in total. The first-order chi connectivity index (χ1) is 18.8. The number of nitrogens with one attached hydrogen (secondary N) is 1. The van der Waals surface area contributed by atoms with Gasteiger partial charge >= 0.3 is 0 Å². The zero-order valence-corrected chi connectivity index (χ0v) is 25.2. The highest BCUT2D eigenvalue weighted by Crippen LogP contribution is 2.26. The van der Waals surface area contributed by atoms with Crippen molar-refractivity contribution >= 4 is 27.5 Å². The molecule has 0 aliphatic heterocycles. The first-order valence-electron chi connectivity index (χ1n) is 13.5. The van der Waals surface area contributed by atoms with Crippen molar-refractivity contribution in [3.63, 3.8) is 0 Å². The first-order valence-corrected chi connectivity index (χ1v) is 15.4. The Balaban J connectivity index is 2.02. The number of hydrogen-bond donors (Lipinski definition) is 1. The molecule has 40 heavy (non-hydrogen) atoms. The number of nitrogens with zero attached hydrogens (tertiary/aromatic N) is 2. The second kappa shape index (κ2) is 13.1. The number of anilines is 1. The standard InChI is InChI=1S/C32H41N3O4S/c1-7-33-31(37)29(21-25-11-9-8-10-12-25)34(22-26-15-13-24(2)14-16-26)30(36)23-35(40(6,38)39)28-19-17-27(18-20-28)32(3,4)5/h8-20,29H,7,21-23H2,1-6H3,(H,33,37)/t29-/m1/s1. The van der Waals surface area contributed by atoms with Gasteiger partial charge in [-0.15, -0.1) is 0 Å². The fourth-order valence-electron chi connectivity index (χ4n) is 4.48. The van der Waals surface area contributed by atoms with Crippen molar-refractivity contribution < 1.29 is 18.0 Å². The topological polar surface area (TPSA) is 86.8 Å². The van der Waals surface area contributed by atoms with Crippen molar-refractivity contribution in [1.29, 1.82) is 0 Å². The summed E-state index contributed by atoms with van der Waals surface area (Å²) in [6.07, 6.45) is 1.39. The number of carbonyl (C=O) groups is 2. The number of hydrogen-bond acceptors (Lipinski definition) is 4. The maximum absolute atomic E-state index is 14.1. The average molecular weight is 564 g/mol. The molecule has 0 bridgehead atoms. The van der Waals surface area contributed by atoms with Crippen molar-refractivity contribution in [2.45, 2.75) is 59.0 Å². The van der Waals surface area contributed by atoms with E-state index in [4.69, 9.17) is 0 Å². The molecule has 0 saturated heterocycles. The number of aryl methyl sites for hydroxylation is 1. The van der Waals surface area contributed by atoms with Crippen molar-refractivity contribution in [3.8, 4) is 0 Å². The lowest BCUT2D eigenvalue weighted by Crippen LogP contribution is -2.53. The quantitative estimate of drug-likeness (QED) is 0.362. The van der Waals surface area contributed by atoms with Crippen LogP contribution in [0.25, 0.3) is 0 Å². The van der Waals surface area contributed by atoms with Crippen LogP contribution >= 0.6 is 0 Å². The molecule has 0 fully saturated rings. The van der Waals surface area contributed by atoms with Gasteiger partial charge in [0, 0.05) is 19.5 Å². The molecule has 3 aromatic rings. The van der Waals surface area contributed by atoms with Gasteiger partial charge in [0.15, 0.2) is 0 Å². The highest BCUT2D eigenvalue weighted by molar-refractivity contribution is 7.92. The number of sulfonamides is 1. The van der Waals surface area contributed by atoms with Crippen LogP contribution in [0.4, 0.5) is 5.69 Å². The number of rotatable bonds is 11.